The van der Waals surface area contributed by atoms with Crippen molar-refractivity contribution < 1.29 is 23.0 Å². The van der Waals surface area contributed by atoms with E-state index in [1.54, 1.807) is 0 Å². The number of alkyl halides is 3. The summed E-state index contributed by atoms with van der Waals surface area (Å²) in [4.78, 5) is 0. The van der Waals surface area contributed by atoms with Gasteiger partial charge in [0.1, 0.15) is 0 Å². The highest BCUT2D eigenvalue weighted by Gasteiger charge is 2.33. The average molecular weight is 290 g/mol. The van der Waals surface area contributed by atoms with Crippen LogP contribution in [0.2, 0.25) is 0 Å². The molecular formula is C15H21F3O2. The van der Waals surface area contributed by atoms with Gasteiger partial charge in [0.2, 0.25) is 0 Å². The third-order valence-corrected chi connectivity index (χ3v) is 3.59. The summed E-state index contributed by atoms with van der Waals surface area (Å²) in [6, 6.07) is 4.86. The lowest BCUT2D eigenvalue weighted by atomic mass is 9.90. The Hall–Kier alpha value is -1.07. The summed E-state index contributed by atoms with van der Waals surface area (Å²) in [5.41, 5.74) is -0.707. The second kappa shape index (κ2) is 6.59. The zero-order chi connectivity index (χ0) is 15.4. The highest BCUT2D eigenvalue weighted by atomic mass is 19.4. The second-order valence-electron chi connectivity index (χ2n) is 5.01. The van der Waals surface area contributed by atoms with Crippen molar-refractivity contribution in [1.29, 1.82) is 0 Å². The Morgan fingerprint density at radius 3 is 2.10 bits per heavy atom. The predicted molar refractivity (Wildman–Crippen MR) is 71.5 cm³/mol. The molecular weight excluding hydrogens is 269 g/mol. The van der Waals surface area contributed by atoms with Gasteiger partial charge in [0.25, 0.3) is 0 Å². The Labute approximate surface area is 117 Å². The molecule has 0 radical (unpaired) electrons. The first-order chi connectivity index (χ1) is 9.23. The molecule has 0 amide bonds. The molecule has 2 unspecified atom stereocenters. The zero-order valence-corrected chi connectivity index (χ0v) is 12.0. The maximum absolute atomic E-state index is 12.5. The minimum absolute atomic E-state index is 0.266. The van der Waals surface area contributed by atoms with Crippen LogP contribution in [-0.2, 0) is 17.3 Å². The van der Waals surface area contributed by atoms with Crippen LogP contribution in [-0.4, -0.2) is 23.4 Å². The van der Waals surface area contributed by atoms with Crippen molar-refractivity contribution in [2.45, 2.75) is 51.5 Å². The van der Waals surface area contributed by atoms with Gasteiger partial charge < -0.3 is 9.84 Å². The smallest absolute Gasteiger partial charge is 0.390 e. The van der Waals surface area contributed by atoms with Crippen LogP contribution in [0, 0.1) is 0 Å². The van der Waals surface area contributed by atoms with E-state index in [4.69, 9.17) is 4.74 Å². The summed E-state index contributed by atoms with van der Waals surface area (Å²) in [6.07, 6.45) is -4.20. The minimum Gasteiger partial charge on any atom is -0.390 e. The topological polar surface area (TPSA) is 29.5 Å². The summed E-state index contributed by atoms with van der Waals surface area (Å²) in [5, 5.41) is 10.2. The Morgan fingerprint density at radius 1 is 1.15 bits per heavy atom. The van der Waals surface area contributed by atoms with Crippen LogP contribution in [0.15, 0.2) is 24.3 Å². The first-order valence-corrected chi connectivity index (χ1v) is 6.71. The number of ether oxygens (including phenoxy) is 1. The number of halogens is 3. The largest absolute Gasteiger partial charge is 0.416 e. The molecule has 5 heteroatoms. The summed E-state index contributed by atoms with van der Waals surface area (Å²) >= 11 is 0. The van der Waals surface area contributed by atoms with Crippen LogP contribution in [0.3, 0.4) is 0 Å². The molecule has 2 atom stereocenters. The molecule has 1 aromatic carbocycles. The molecule has 1 N–H and O–H groups in total. The second-order valence-corrected chi connectivity index (χ2v) is 5.01. The Morgan fingerprint density at radius 2 is 1.70 bits per heavy atom. The van der Waals surface area contributed by atoms with Crippen molar-refractivity contribution in [3.05, 3.63) is 35.4 Å². The van der Waals surface area contributed by atoms with Gasteiger partial charge in [-0.25, -0.2) is 0 Å². The third kappa shape index (κ3) is 4.21. The Bertz CT molecular complexity index is 414. The van der Waals surface area contributed by atoms with Gasteiger partial charge in [0, 0.05) is 13.0 Å². The van der Waals surface area contributed by atoms with E-state index >= 15 is 0 Å². The van der Waals surface area contributed by atoms with Gasteiger partial charge in [-0.2, -0.15) is 13.2 Å². The molecule has 0 spiro atoms. The molecule has 114 valence electrons. The minimum atomic E-state index is -4.33. The molecule has 0 fully saturated rings. The molecule has 0 saturated heterocycles. The first kappa shape index (κ1) is 17.0. The molecule has 2 nitrogen and oxygen atoms in total. The van der Waals surface area contributed by atoms with Gasteiger partial charge in [0.15, 0.2) is 0 Å². The zero-order valence-electron chi connectivity index (χ0n) is 12.0. The Kier molecular flexibility index (Phi) is 5.59. The SMILES string of the molecule is CCOC(C)(CC)C(O)Cc1ccc(C(F)(F)F)cc1. The fourth-order valence-corrected chi connectivity index (χ4v) is 2.03. The van der Waals surface area contributed by atoms with Gasteiger partial charge >= 0.3 is 6.18 Å². The van der Waals surface area contributed by atoms with Crippen molar-refractivity contribution in [3.8, 4) is 0 Å². The van der Waals surface area contributed by atoms with E-state index < -0.39 is 23.4 Å². The average Bonchev–Trinajstić information content (AvgIpc) is 2.38. The number of rotatable bonds is 6. The number of hydrogen-bond acceptors (Lipinski definition) is 2. The molecule has 0 aromatic heterocycles. The van der Waals surface area contributed by atoms with E-state index in [1.165, 1.54) is 12.1 Å². The summed E-state index contributed by atoms with van der Waals surface area (Å²) in [7, 11) is 0. The maximum atomic E-state index is 12.5. The highest BCUT2D eigenvalue weighted by Crippen LogP contribution is 2.30. The number of benzene rings is 1. The van der Waals surface area contributed by atoms with Crippen molar-refractivity contribution in [3.63, 3.8) is 0 Å². The van der Waals surface area contributed by atoms with E-state index in [0.29, 0.717) is 18.6 Å². The van der Waals surface area contributed by atoms with Crippen LogP contribution >= 0.6 is 0 Å². The van der Waals surface area contributed by atoms with Crippen LogP contribution in [0.5, 0.6) is 0 Å². The molecule has 0 heterocycles. The van der Waals surface area contributed by atoms with Crippen LogP contribution in [0.1, 0.15) is 38.3 Å². The molecule has 0 bridgehead atoms. The van der Waals surface area contributed by atoms with Crippen molar-refractivity contribution in [2.75, 3.05) is 6.61 Å². The molecule has 1 rings (SSSR count). The normalized spacial score (nSPS) is 16.8. The van der Waals surface area contributed by atoms with E-state index in [9.17, 15) is 18.3 Å². The van der Waals surface area contributed by atoms with Gasteiger partial charge in [0.05, 0.1) is 17.3 Å². The monoisotopic (exact) mass is 290 g/mol. The lowest BCUT2D eigenvalue weighted by Crippen LogP contribution is -2.42. The predicted octanol–water partition coefficient (Wildman–Crippen LogP) is 3.81. The summed E-state index contributed by atoms with van der Waals surface area (Å²) < 4.78 is 42.9. The van der Waals surface area contributed by atoms with Crippen molar-refractivity contribution in [1.82, 2.24) is 0 Å². The van der Waals surface area contributed by atoms with Gasteiger partial charge in [-0.05, 0) is 38.0 Å². The van der Waals surface area contributed by atoms with Gasteiger partial charge in [-0.3, -0.25) is 0 Å². The van der Waals surface area contributed by atoms with Crippen molar-refractivity contribution in [2.24, 2.45) is 0 Å². The third-order valence-electron chi connectivity index (χ3n) is 3.59. The number of aliphatic hydroxyl groups excluding tert-OH is 1. The summed E-state index contributed by atoms with van der Waals surface area (Å²) in [5.74, 6) is 0. The quantitative estimate of drug-likeness (QED) is 0.863. The van der Waals surface area contributed by atoms with E-state index in [1.807, 2.05) is 20.8 Å². The molecule has 0 aliphatic heterocycles. The van der Waals surface area contributed by atoms with E-state index in [2.05, 4.69) is 0 Å². The van der Waals surface area contributed by atoms with Gasteiger partial charge in [-0.15, -0.1) is 0 Å². The lowest BCUT2D eigenvalue weighted by molar-refractivity contribution is -0.137. The van der Waals surface area contributed by atoms with Crippen LogP contribution in [0.4, 0.5) is 13.2 Å². The van der Waals surface area contributed by atoms with Crippen molar-refractivity contribution >= 4 is 0 Å². The molecule has 0 saturated carbocycles. The number of hydrogen-bond donors (Lipinski definition) is 1. The fourth-order valence-electron chi connectivity index (χ4n) is 2.03. The molecule has 0 aliphatic rings. The van der Waals surface area contributed by atoms with Gasteiger partial charge in [-0.1, -0.05) is 19.1 Å². The maximum Gasteiger partial charge on any atom is 0.416 e. The first-order valence-electron chi connectivity index (χ1n) is 6.71. The lowest BCUT2D eigenvalue weighted by Gasteiger charge is -2.33. The molecule has 1 aromatic rings. The Balaban J connectivity index is 2.78. The van der Waals surface area contributed by atoms with E-state index in [-0.39, 0.29) is 6.42 Å². The highest BCUT2D eigenvalue weighted by molar-refractivity contribution is 5.25. The van der Waals surface area contributed by atoms with Crippen LogP contribution < -0.4 is 0 Å². The molecule has 0 aliphatic carbocycles. The fraction of sp³-hybridized carbons (Fsp3) is 0.600. The number of aliphatic hydroxyl groups is 1. The van der Waals surface area contributed by atoms with Crippen LogP contribution in [0.25, 0.3) is 0 Å². The summed E-state index contributed by atoms with van der Waals surface area (Å²) in [6.45, 7) is 6.05. The molecule has 20 heavy (non-hydrogen) atoms. The van der Waals surface area contributed by atoms with E-state index in [0.717, 1.165) is 12.1 Å². The standard InChI is InChI=1S/C15H21F3O2/c1-4-14(3,20-5-2)13(19)10-11-6-8-12(9-7-11)15(16,17)18/h6-9,13,19H,4-5,10H2,1-3H3.